The standard InChI is InChI=1S/C21H16N4O5S/c26-18(23-21-22-17(12-31-21)13-5-2-1-3-6-13)7-4-10-24-19(27)15-9-8-14(25(29)30)11-16(15)20(24)28/h1-3,5-6,8-9,11-12H,4,7,10H2,(H,22,23,26). The smallest absolute Gasteiger partial charge is 0.270 e. The second-order valence-corrected chi connectivity index (χ2v) is 7.66. The molecule has 2 aromatic carbocycles. The molecule has 9 nitrogen and oxygen atoms in total. The summed E-state index contributed by atoms with van der Waals surface area (Å²) in [5, 5.41) is 15.9. The zero-order valence-corrected chi connectivity index (χ0v) is 16.9. The van der Waals surface area contributed by atoms with E-state index >= 15 is 0 Å². The van der Waals surface area contributed by atoms with Gasteiger partial charge in [0.1, 0.15) is 0 Å². The predicted octanol–water partition coefficient (Wildman–Crippen LogP) is 3.73. The van der Waals surface area contributed by atoms with Gasteiger partial charge in [-0.05, 0) is 12.5 Å². The van der Waals surface area contributed by atoms with Crippen molar-refractivity contribution in [2.24, 2.45) is 0 Å². The highest BCUT2D eigenvalue weighted by Crippen LogP contribution is 2.27. The largest absolute Gasteiger partial charge is 0.302 e. The number of carbonyl (C=O) groups excluding carboxylic acids is 3. The highest BCUT2D eigenvalue weighted by Gasteiger charge is 2.36. The first-order valence-electron chi connectivity index (χ1n) is 9.39. The van der Waals surface area contributed by atoms with Crippen LogP contribution < -0.4 is 5.32 Å². The lowest BCUT2D eigenvalue weighted by Crippen LogP contribution is -2.31. The fraction of sp³-hybridized carbons (Fsp3) is 0.143. The van der Waals surface area contributed by atoms with Crippen LogP contribution in [0.15, 0.2) is 53.9 Å². The van der Waals surface area contributed by atoms with E-state index in [9.17, 15) is 24.5 Å². The maximum atomic E-state index is 12.5. The summed E-state index contributed by atoms with van der Waals surface area (Å²) in [6.45, 7) is 0.0424. The van der Waals surface area contributed by atoms with Crippen molar-refractivity contribution in [3.8, 4) is 11.3 Å². The van der Waals surface area contributed by atoms with Gasteiger partial charge in [-0.15, -0.1) is 11.3 Å². The molecule has 1 aliphatic heterocycles. The molecule has 4 rings (SSSR count). The first kappa shape index (κ1) is 20.4. The van der Waals surface area contributed by atoms with Gasteiger partial charge in [0.25, 0.3) is 17.5 Å². The molecule has 0 radical (unpaired) electrons. The Hall–Kier alpha value is -3.92. The quantitative estimate of drug-likeness (QED) is 0.342. The summed E-state index contributed by atoms with van der Waals surface area (Å²) in [7, 11) is 0. The lowest BCUT2D eigenvalue weighted by Gasteiger charge is -2.13. The van der Waals surface area contributed by atoms with Gasteiger partial charge in [-0.25, -0.2) is 4.98 Å². The summed E-state index contributed by atoms with van der Waals surface area (Å²) in [4.78, 5) is 52.8. The number of nitro benzene ring substituents is 1. The van der Waals surface area contributed by atoms with Crippen molar-refractivity contribution in [3.05, 3.63) is 75.2 Å². The number of hydrogen-bond acceptors (Lipinski definition) is 7. The van der Waals surface area contributed by atoms with Crippen molar-refractivity contribution < 1.29 is 19.3 Å². The highest BCUT2D eigenvalue weighted by atomic mass is 32.1. The average molecular weight is 436 g/mol. The van der Waals surface area contributed by atoms with Crippen LogP contribution in [0.3, 0.4) is 0 Å². The minimum atomic E-state index is -0.618. The first-order valence-corrected chi connectivity index (χ1v) is 10.3. The van der Waals surface area contributed by atoms with E-state index in [1.54, 1.807) is 0 Å². The van der Waals surface area contributed by atoms with Gasteiger partial charge in [-0.2, -0.15) is 0 Å². The number of aromatic nitrogens is 1. The number of rotatable bonds is 7. The van der Waals surface area contributed by atoms with Crippen molar-refractivity contribution in [1.29, 1.82) is 0 Å². The molecule has 0 spiro atoms. The monoisotopic (exact) mass is 436 g/mol. The second kappa shape index (κ2) is 8.44. The van der Waals surface area contributed by atoms with E-state index in [1.807, 2.05) is 35.7 Å². The van der Waals surface area contributed by atoms with Crippen molar-refractivity contribution in [2.45, 2.75) is 12.8 Å². The first-order chi connectivity index (χ1) is 14.9. The molecule has 0 unspecified atom stereocenters. The van der Waals surface area contributed by atoms with Gasteiger partial charge in [0.2, 0.25) is 5.91 Å². The summed E-state index contributed by atoms with van der Waals surface area (Å²) in [5.41, 5.74) is 1.61. The molecule has 0 bridgehead atoms. The van der Waals surface area contributed by atoms with E-state index in [1.165, 1.54) is 23.5 Å². The van der Waals surface area contributed by atoms with Crippen LogP contribution in [0.4, 0.5) is 10.8 Å². The number of carbonyl (C=O) groups is 3. The Morgan fingerprint density at radius 2 is 1.84 bits per heavy atom. The zero-order valence-electron chi connectivity index (χ0n) is 16.1. The Balaban J connectivity index is 1.32. The SMILES string of the molecule is O=C(CCCN1C(=O)c2ccc([N+](=O)[O-])cc2C1=O)Nc1nc(-c2ccccc2)cs1. The van der Waals surface area contributed by atoms with E-state index in [0.717, 1.165) is 22.2 Å². The third-order valence-electron chi connectivity index (χ3n) is 4.77. The molecule has 1 N–H and O–H groups in total. The van der Waals surface area contributed by atoms with Crippen LogP contribution in [0.25, 0.3) is 11.3 Å². The van der Waals surface area contributed by atoms with E-state index < -0.39 is 16.7 Å². The predicted molar refractivity (Wildman–Crippen MR) is 114 cm³/mol. The topological polar surface area (TPSA) is 123 Å². The Morgan fingerprint density at radius 1 is 1.10 bits per heavy atom. The molecule has 0 atom stereocenters. The molecular weight excluding hydrogens is 420 g/mol. The van der Waals surface area contributed by atoms with Crippen LogP contribution in [-0.2, 0) is 4.79 Å². The van der Waals surface area contributed by atoms with Crippen LogP contribution >= 0.6 is 11.3 Å². The van der Waals surface area contributed by atoms with Gasteiger partial charge >= 0.3 is 0 Å². The summed E-state index contributed by atoms with van der Waals surface area (Å²) in [6.07, 6.45) is 0.351. The fourth-order valence-corrected chi connectivity index (χ4v) is 3.98. The number of nitro groups is 1. The molecule has 0 aliphatic carbocycles. The van der Waals surface area contributed by atoms with Gasteiger partial charge in [-0.1, -0.05) is 30.3 Å². The minimum Gasteiger partial charge on any atom is -0.302 e. The average Bonchev–Trinajstić information content (AvgIpc) is 3.32. The Bertz CT molecular complexity index is 1190. The van der Waals surface area contributed by atoms with Gasteiger partial charge < -0.3 is 5.32 Å². The van der Waals surface area contributed by atoms with Crippen LogP contribution in [0.1, 0.15) is 33.6 Å². The van der Waals surface area contributed by atoms with E-state index in [-0.39, 0.29) is 42.1 Å². The fourth-order valence-electron chi connectivity index (χ4n) is 3.25. The molecule has 3 amide bonds. The maximum Gasteiger partial charge on any atom is 0.270 e. The molecule has 10 heteroatoms. The van der Waals surface area contributed by atoms with Crippen molar-refractivity contribution in [1.82, 2.24) is 9.88 Å². The lowest BCUT2D eigenvalue weighted by molar-refractivity contribution is -0.384. The highest BCUT2D eigenvalue weighted by molar-refractivity contribution is 7.14. The number of nitrogens with one attached hydrogen (secondary N) is 1. The van der Waals surface area contributed by atoms with Gasteiger partial charge in [-0.3, -0.25) is 29.4 Å². The third kappa shape index (κ3) is 4.19. The molecule has 1 aliphatic rings. The zero-order chi connectivity index (χ0) is 22.0. The lowest BCUT2D eigenvalue weighted by atomic mass is 10.1. The van der Waals surface area contributed by atoms with Gasteiger partial charge in [0, 0.05) is 36.0 Å². The third-order valence-corrected chi connectivity index (χ3v) is 5.53. The number of hydrogen-bond donors (Lipinski definition) is 1. The summed E-state index contributed by atoms with van der Waals surface area (Å²) in [5.74, 6) is -1.37. The summed E-state index contributed by atoms with van der Waals surface area (Å²) < 4.78 is 0. The van der Waals surface area contributed by atoms with Crippen LogP contribution in [0, 0.1) is 10.1 Å². The Morgan fingerprint density at radius 3 is 2.58 bits per heavy atom. The molecule has 3 aromatic rings. The molecule has 156 valence electrons. The number of amides is 3. The Labute approximate surface area is 180 Å². The number of non-ortho nitro benzene ring substituents is 1. The molecule has 1 aromatic heterocycles. The molecule has 31 heavy (non-hydrogen) atoms. The summed E-state index contributed by atoms with van der Waals surface area (Å²) >= 11 is 1.31. The van der Waals surface area contributed by atoms with Crippen LogP contribution in [-0.4, -0.2) is 39.1 Å². The van der Waals surface area contributed by atoms with Crippen molar-refractivity contribution >= 4 is 39.9 Å². The molecule has 0 saturated carbocycles. The second-order valence-electron chi connectivity index (χ2n) is 6.80. The van der Waals surface area contributed by atoms with Crippen LogP contribution in [0.2, 0.25) is 0 Å². The number of anilines is 1. The van der Waals surface area contributed by atoms with E-state index in [0.29, 0.717) is 5.13 Å². The minimum absolute atomic E-state index is 0.0138. The van der Waals surface area contributed by atoms with E-state index in [2.05, 4.69) is 10.3 Å². The van der Waals surface area contributed by atoms with Crippen LogP contribution in [0.5, 0.6) is 0 Å². The molecule has 0 saturated heterocycles. The van der Waals surface area contributed by atoms with Crippen molar-refractivity contribution in [2.75, 3.05) is 11.9 Å². The Kier molecular flexibility index (Phi) is 5.54. The number of imide groups is 1. The molecular formula is C21H16N4O5S. The summed E-state index contributed by atoms with van der Waals surface area (Å²) in [6, 6.07) is 13.2. The number of fused-ring (bicyclic) bond motifs is 1. The maximum absolute atomic E-state index is 12.5. The number of benzene rings is 2. The van der Waals surface area contributed by atoms with Gasteiger partial charge in [0.15, 0.2) is 5.13 Å². The number of nitrogens with zero attached hydrogens (tertiary/aromatic N) is 3. The molecule has 0 fully saturated rings. The normalized spacial score (nSPS) is 12.7. The van der Waals surface area contributed by atoms with Gasteiger partial charge in [0.05, 0.1) is 21.7 Å². The van der Waals surface area contributed by atoms with E-state index in [4.69, 9.17) is 0 Å². The number of thiazole rings is 1. The molecule has 2 heterocycles. The van der Waals surface area contributed by atoms with Crippen molar-refractivity contribution in [3.63, 3.8) is 0 Å².